The van der Waals surface area contributed by atoms with Crippen LogP contribution in [0.25, 0.3) is 0 Å². The molecular weight excluding hydrogens is 198 g/mol. The summed E-state index contributed by atoms with van der Waals surface area (Å²) in [7, 11) is 1.78. The van der Waals surface area contributed by atoms with E-state index in [0.717, 1.165) is 37.5 Å². The topological polar surface area (TPSA) is 21.3 Å². The van der Waals surface area contributed by atoms with Gasteiger partial charge in [0.25, 0.3) is 0 Å². The molecule has 2 aliphatic carbocycles. The van der Waals surface area contributed by atoms with Gasteiger partial charge in [0.05, 0.1) is 0 Å². The minimum atomic E-state index is 0.526. The molecule has 0 spiro atoms. The molecule has 0 amide bonds. The van der Waals surface area contributed by atoms with Gasteiger partial charge in [-0.1, -0.05) is 26.7 Å². The average molecular weight is 225 g/mol. The number of hydrogen-bond acceptors (Lipinski definition) is 2. The van der Waals surface area contributed by atoms with Crippen molar-refractivity contribution >= 4 is 0 Å². The van der Waals surface area contributed by atoms with Crippen molar-refractivity contribution < 1.29 is 4.74 Å². The summed E-state index contributed by atoms with van der Waals surface area (Å²) in [6, 6.07) is 0.759. The summed E-state index contributed by atoms with van der Waals surface area (Å²) in [5.74, 6) is 1.95. The van der Waals surface area contributed by atoms with Crippen LogP contribution in [0.3, 0.4) is 0 Å². The number of hydrogen-bond donors (Lipinski definition) is 1. The zero-order chi connectivity index (χ0) is 11.6. The second kappa shape index (κ2) is 5.05. The molecule has 0 aromatic carbocycles. The second-order valence-corrected chi connectivity index (χ2v) is 6.15. The Morgan fingerprint density at radius 1 is 1.25 bits per heavy atom. The summed E-state index contributed by atoms with van der Waals surface area (Å²) < 4.78 is 5.09. The summed E-state index contributed by atoms with van der Waals surface area (Å²) in [5.41, 5.74) is 0.526. The summed E-state index contributed by atoms with van der Waals surface area (Å²) in [6.45, 7) is 6.90. The van der Waals surface area contributed by atoms with Gasteiger partial charge in [0.1, 0.15) is 0 Å². The third-order valence-corrected chi connectivity index (χ3v) is 4.89. The molecule has 16 heavy (non-hydrogen) atoms. The summed E-state index contributed by atoms with van der Waals surface area (Å²) >= 11 is 0. The van der Waals surface area contributed by atoms with Gasteiger partial charge in [0, 0.05) is 19.8 Å². The smallest absolute Gasteiger partial charge is 0.0474 e. The van der Waals surface area contributed by atoms with Gasteiger partial charge in [-0.25, -0.2) is 0 Å². The second-order valence-electron chi connectivity index (χ2n) is 6.15. The van der Waals surface area contributed by atoms with Crippen LogP contribution in [0.2, 0.25) is 0 Å². The van der Waals surface area contributed by atoms with Crippen LogP contribution in [0, 0.1) is 17.3 Å². The Hall–Kier alpha value is -0.0800. The van der Waals surface area contributed by atoms with Gasteiger partial charge >= 0.3 is 0 Å². The first-order chi connectivity index (χ1) is 7.68. The van der Waals surface area contributed by atoms with Crippen molar-refractivity contribution in [2.45, 2.75) is 52.0 Å². The van der Waals surface area contributed by atoms with Gasteiger partial charge in [-0.05, 0) is 43.1 Å². The summed E-state index contributed by atoms with van der Waals surface area (Å²) in [4.78, 5) is 0. The van der Waals surface area contributed by atoms with Crippen molar-refractivity contribution in [2.75, 3.05) is 20.3 Å². The number of methoxy groups -OCH3 is 1. The SMILES string of the molecule is COCCCNC1[C@@H]2CCCC[C@@H]2C1(C)C. The maximum Gasteiger partial charge on any atom is 0.0474 e. The van der Waals surface area contributed by atoms with E-state index in [0.29, 0.717) is 5.41 Å². The van der Waals surface area contributed by atoms with Gasteiger partial charge in [-0.3, -0.25) is 0 Å². The molecule has 2 saturated carbocycles. The number of ether oxygens (including phenoxy) is 1. The Labute approximate surface area is 100 Å². The fourth-order valence-corrected chi connectivity index (χ4v) is 4.03. The van der Waals surface area contributed by atoms with Gasteiger partial charge in [-0.15, -0.1) is 0 Å². The number of fused-ring (bicyclic) bond motifs is 1. The Bertz CT molecular complexity index is 227. The lowest BCUT2D eigenvalue weighted by Crippen LogP contribution is -2.64. The fraction of sp³-hybridized carbons (Fsp3) is 1.00. The van der Waals surface area contributed by atoms with Crippen molar-refractivity contribution in [1.29, 1.82) is 0 Å². The normalized spacial score (nSPS) is 36.6. The molecular formula is C14H27NO. The molecule has 94 valence electrons. The monoisotopic (exact) mass is 225 g/mol. The molecule has 2 rings (SSSR count). The van der Waals surface area contributed by atoms with E-state index in [9.17, 15) is 0 Å². The standard InChI is InChI=1S/C14H27NO/c1-14(2)12-8-5-4-7-11(12)13(14)15-9-6-10-16-3/h11-13,15H,4-10H2,1-3H3/t11-,12+,13?/m1/s1. The molecule has 0 aromatic heterocycles. The predicted molar refractivity (Wildman–Crippen MR) is 67.5 cm³/mol. The highest BCUT2D eigenvalue weighted by atomic mass is 16.5. The van der Waals surface area contributed by atoms with E-state index in [1.54, 1.807) is 7.11 Å². The maximum absolute atomic E-state index is 5.09. The highest BCUT2D eigenvalue weighted by Gasteiger charge is 2.55. The first kappa shape index (κ1) is 12.4. The number of rotatable bonds is 5. The van der Waals surface area contributed by atoms with Crippen LogP contribution >= 0.6 is 0 Å². The van der Waals surface area contributed by atoms with Crippen molar-refractivity contribution in [2.24, 2.45) is 17.3 Å². The molecule has 0 aliphatic heterocycles. The zero-order valence-electron chi connectivity index (χ0n) is 11.1. The van der Waals surface area contributed by atoms with E-state index < -0.39 is 0 Å². The first-order valence-electron chi connectivity index (χ1n) is 6.90. The van der Waals surface area contributed by atoms with Crippen LogP contribution in [-0.2, 0) is 4.74 Å². The van der Waals surface area contributed by atoms with Crippen LogP contribution in [0.5, 0.6) is 0 Å². The molecule has 1 N–H and O–H groups in total. The van der Waals surface area contributed by atoms with Crippen LogP contribution in [0.15, 0.2) is 0 Å². The molecule has 0 radical (unpaired) electrons. The van der Waals surface area contributed by atoms with Gasteiger partial charge in [-0.2, -0.15) is 0 Å². The molecule has 1 unspecified atom stereocenters. The van der Waals surface area contributed by atoms with Gasteiger partial charge in [0.2, 0.25) is 0 Å². The lowest BCUT2D eigenvalue weighted by atomic mass is 9.48. The van der Waals surface area contributed by atoms with Gasteiger partial charge < -0.3 is 10.1 Å². The lowest BCUT2D eigenvalue weighted by molar-refractivity contribution is -0.0875. The Kier molecular flexibility index (Phi) is 3.91. The molecule has 0 bridgehead atoms. The van der Waals surface area contributed by atoms with E-state index in [-0.39, 0.29) is 0 Å². The Balaban J connectivity index is 1.80. The molecule has 3 atom stereocenters. The highest BCUT2D eigenvalue weighted by molar-refractivity contribution is 5.08. The minimum absolute atomic E-state index is 0.526. The molecule has 2 aliphatic rings. The van der Waals surface area contributed by atoms with E-state index in [4.69, 9.17) is 4.74 Å². The van der Waals surface area contributed by atoms with E-state index >= 15 is 0 Å². The third kappa shape index (κ3) is 2.14. The lowest BCUT2D eigenvalue weighted by Gasteiger charge is -2.61. The van der Waals surface area contributed by atoms with Crippen LogP contribution in [0.1, 0.15) is 46.0 Å². The molecule has 0 aromatic rings. The van der Waals surface area contributed by atoms with Crippen molar-refractivity contribution in [1.82, 2.24) is 5.32 Å². The first-order valence-corrected chi connectivity index (χ1v) is 6.90. The van der Waals surface area contributed by atoms with Crippen molar-refractivity contribution in [3.63, 3.8) is 0 Å². The fourth-order valence-electron chi connectivity index (χ4n) is 4.03. The Morgan fingerprint density at radius 3 is 2.75 bits per heavy atom. The molecule has 0 saturated heterocycles. The molecule has 0 heterocycles. The maximum atomic E-state index is 5.09. The average Bonchev–Trinajstić information content (AvgIpc) is 2.29. The largest absolute Gasteiger partial charge is 0.385 e. The zero-order valence-corrected chi connectivity index (χ0v) is 11.1. The summed E-state index contributed by atoms with van der Waals surface area (Å²) in [5, 5.41) is 3.76. The molecule has 2 heteroatoms. The molecule has 2 nitrogen and oxygen atoms in total. The quantitative estimate of drug-likeness (QED) is 0.726. The van der Waals surface area contributed by atoms with Crippen LogP contribution in [-0.4, -0.2) is 26.3 Å². The third-order valence-electron chi connectivity index (χ3n) is 4.89. The Morgan fingerprint density at radius 2 is 2.00 bits per heavy atom. The summed E-state index contributed by atoms with van der Waals surface area (Å²) in [6.07, 6.45) is 6.97. The predicted octanol–water partition coefficient (Wildman–Crippen LogP) is 2.83. The van der Waals surface area contributed by atoms with Gasteiger partial charge in [0.15, 0.2) is 0 Å². The van der Waals surface area contributed by atoms with Crippen LogP contribution < -0.4 is 5.32 Å². The highest BCUT2D eigenvalue weighted by Crippen LogP contribution is 2.57. The van der Waals surface area contributed by atoms with Crippen molar-refractivity contribution in [3.05, 3.63) is 0 Å². The molecule has 2 fully saturated rings. The number of nitrogens with one attached hydrogen (secondary N) is 1. The van der Waals surface area contributed by atoms with E-state index in [1.807, 2.05) is 0 Å². The van der Waals surface area contributed by atoms with Crippen molar-refractivity contribution in [3.8, 4) is 0 Å². The van der Waals surface area contributed by atoms with E-state index in [1.165, 1.54) is 25.7 Å². The van der Waals surface area contributed by atoms with E-state index in [2.05, 4.69) is 19.2 Å². The van der Waals surface area contributed by atoms with Crippen LogP contribution in [0.4, 0.5) is 0 Å². The minimum Gasteiger partial charge on any atom is -0.385 e.